The van der Waals surface area contributed by atoms with E-state index in [2.05, 4.69) is 49.2 Å². The van der Waals surface area contributed by atoms with E-state index in [9.17, 15) is 4.79 Å². The lowest BCUT2D eigenvalue weighted by Gasteiger charge is -2.37. The number of nitrogens with zero attached hydrogens (tertiary/aromatic N) is 2. The Hall–Kier alpha value is -1.97. The van der Waals surface area contributed by atoms with Crippen molar-refractivity contribution >= 4 is 11.7 Å². The molecule has 0 radical (unpaired) electrons. The van der Waals surface area contributed by atoms with Crippen LogP contribution in [-0.2, 0) is 0 Å². The molecule has 0 aromatic heterocycles. The van der Waals surface area contributed by atoms with Crippen molar-refractivity contribution in [3.63, 3.8) is 0 Å². The van der Waals surface area contributed by atoms with Crippen LogP contribution in [0.4, 0.5) is 10.5 Å². The molecular formula is C22H33N3O. The summed E-state index contributed by atoms with van der Waals surface area (Å²) in [4.78, 5) is 16.8. The number of aryl methyl sites for hydroxylation is 3. The predicted molar refractivity (Wildman–Crippen MR) is 109 cm³/mol. The van der Waals surface area contributed by atoms with E-state index in [0.717, 1.165) is 39.1 Å². The number of hydrogen-bond acceptors (Lipinski definition) is 2. The zero-order valence-electron chi connectivity index (χ0n) is 16.6. The van der Waals surface area contributed by atoms with Gasteiger partial charge in [0.15, 0.2) is 0 Å². The average Bonchev–Trinajstić information content (AvgIpc) is 2.62. The molecule has 2 aliphatic rings. The molecule has 1 heterocycles. The summed E-state index contributed by atoms with van der Waals surface area (Å²) in [6.45, 7) is 10.7. The number of nitrogens with one attached hydrogen (secondary N) is 1. The van der Waals surface area contributed by atoms with E-state index < -0.39 is 0 Å². The van der Waals surface area contributed by atoms with Crippen molar-refractivity contribution in [1.29, 1.82) is 0 Å². The lowest BCUT2D eigenvalue weighted by molar-refractivity contribution is 0.194. The minimum absolute atomic E-state index is 0.0957. The summed E-state index contributed by atoms with van der Waals surface area (Å²) in [6, 6.07) is 4.60. The van der Waals surface area contributed by atoms with Gasteiger partial charge in [0, 0.05) is 38.4 Å². The van der Waals surface area contributed by atoms with Crippen LogP contribution >= 0.6 is 0 Å². The number of hydrogen-bond donors (Lipinski definition) is 1. The number of amides is 2. The third kappa shape index (κ3) is 4.60. The highest BCUT2D eigenvalue weighted by molar-refractivity contribution is 5.74. The first-order chi connectivity index (χ1) is 12.5. The number of carbonyl (C=O) groups is 1. The Kier molecular flexibility index (Phi) is 6.23. The molecule has 1 saturated heterocycles. The lowest BCUT2D eigenvalue weighted by atomic mass is 9.97. The van der Waals surface area contributed by atoms with Crippen molar-refractivity contribution in [3.05, 3.63) is 40.5 Å². The van der Waals surface area contributed by atoms with E-state index in [1.165, 1.54) is 53.6 Å². The van der Waals surface area contributed by atoms with Crippen molar-refractivity contribution in [3.8, 4) is 0 Å². The van der Waals surface area contributed by atoms with Crippen LogP contribution in [-0.4, -0.2) is 43.7 Å². The zero-order chi connectivity index (χ0) is 18.5. The van der Waals surface area contributed by atoms with Gasteiger partial charge in [-0.1, -0.05) is 29.3 Å². The minimum atomic E-state index is 0.0957. The fourth-order valence-corrected chi connectivity index (χ4v) is 4.38. The van der Waals surface area contributed by atoms with Crippen molar-refractivity contribution in [1.82, 2.24) is 10.2 Å². The summed E-state index contributed by atoms with van der Waals surface area (Å²) >= 11 is 0. The highest BCUT2D eigenvalue weighted by Gasteiger charge is 2.23. The minimum Gasteiger partial charge on any atom is -0.368 e. The first-order valence-corrected chi connectivity index (χ1v) is 10.1. The van der Waals surface area contributed by atoms with Crippen molar-refractivity contribution in [2.45, 2.75) is 52.9 Å². The van der Waals surface area contributed by atoms with Crippen molar-refractivity contribution in [2.75, 3.05) is 37.6 Å². The van der Waals surface area contributed by atoms with Gasteiger partial charge in [-0.05, 0) is 64.0 Å². The van der Waals surface area contributed by atoms with Crippen molar-refractivity contribution in [2.24, 2.45) is 0 Å². The van der Waals surface area contributed by atoms with E-state index in [1.54, 1.807) is 0 Å². The highest BCUT2D eigenvalue weighted by atomic mass is 16.2. The molecule has 1 aliphatic heterocycles. The molecule has 2 amide bonds. The molecule has 1 aliphatic carbocycles. The Labute approximate surface area is 158 Å². The van der Waals surface area contributed by atoms with Gasteiger partial charge in [-0.2, -0.15) is 0 Å². The quantitative estimate of drug-likeness (QED) is 0.816. The number of anilines is 1. The molecule has 1 fully saturated rings. The van der Waals surface area contributed by atoms with Gasteiger partial charge in [-0.25, -0.2) is 4.79 Å². The van der Waals surface area contributed by atoms with Crippen LogP contribution in [0.3, 0.4) is 0 Å². The van der Waals surface area contributed by atoms with Crippen LogP contribution in [0.25, 0.3) is 0 Å². The van der Waals surface area contributed by atoms with Crippen LogP contribution in [0.5, 0.6) is 0 Å². The Morgan fingerprint density at radius 1 is 1.04 bits per heavy atom. The normalized spacial score (nSPS) is 17.9. The molecule has 3 rings (SSSR count). The second kappa shape index (κ2) is 8.61. The Bertz CT molecular complexity index is 649. The van der Waals surface area contributed by atoms with E-state index in [0.29, 0.717) is 0 Å². The maximum absolute atomic E-state index is 12.4. The molecule has 0 unspecified atom stereocenters. The average molecular weight is 356 g/mol. The second-order valence-electron chi connectivity index (χ2n) is 7.81. The summed E-state index contributed by atoms with van der Waals surface area (Å²) in [5.41, 5.74) is 6.85. The number of carbonyl (C=O) groups excluding carboxylic acids is 1. The maximum Gasteiger partial charge on any atom is 0.317 e. The van der Waals surface area contributed by atoms with Crippen LogP contribution < -0.4 is 10.2 Å². The molecule has 0 bridgehead atoms. The Balaban J connectivity index is 1.47. The first-order valence-electron chi connectivity index (χ1n) is 10.1. The Morgan fingerprint density at radius 3 is 2.35 bits per heavy atom. The summed E-state index contributed by atoms with van der Waals surface area (Å²) in [5, 5.41) is 3.11. The molecule has 0 saturated carbocycles. The van der Waals surface area contributed by atoms with E-state index in [-0.39, 0.29) is 6.03 Å². The van der Waals surface area contributed by atoms with Gasteiger partial charge in [0.25, 0.3) is 0 Å². The van der Waals surface area contributed by atoms with Gasteiger partial charge in [-0.15, -0.1) is 0 Å². The molecule has 1 N–H and O–H groups in total. The van der Waals surface area contributed by atoms with E-state index >= 15 is 0 Å². The molecule has 0 atom stereocenters. The van der Waals surface area contributed by atoms with Gasteiger partial charge >= 0.3 is 6.03 Å². The maximum atomic E-state index is 12.4. The third-order valence-electron chi connectivity index (χ3n) is 5.63. The second-order valence-corrected chi connectivity index (χ2v) is 7.81. The molecule has 0 spiro atoms. The standard InChI is InChI=1S/C22H33N3O/c1-17-15-18(2)21(19(3)16-17)24-11-13-25(14-12-24)22(26)23-10-9-20-7-5-4-6-8-20/h7,15-16H,4-6,8-14H2,1-3H3,(H,23,26). The number of benzene rings is 1. The topological polar surface area (TPSA) is 35.6 Å². The SMILES string of the molecule is Cc1cc(C)c(N2CCN(C(=O)NCCC3=CCCCC3)CC2)c(C)c1. The number of urea groups is 1. The van der Waals surface area contributed by atoms with Crippen LogP contribution in [0.1, 0.15) is 48.8 Å². The Morgan fingerprint density at radius 2 is 1.73 bits per heavy atom. The molecule has 4 nitrogen and oxygen atoms in total. The van der Waals surface area contributed by atoms with Gasteiger partial charge in [0.2, 0.25) is 0 Å². The number of piperazine rings is 1. The van der Waals surface area contributed by atoms with Crippen molar-refractivity contribution < 1.29 is 4.79 Å². The van der Waals surface area contributed by atoms with Crippen LogP contribution in [0.15, 0.2) is 23.8 Å². The van der Waals surface area contributed by atoms with E-state index in [1.807, 2.05) is 4.90 Å². The third-order valence-corrected chi connectivity index (χ3v) is 5.63. The molecule has 1 aromatic rings. The van der Waals surface area contributed by atoms with Crippen LogP contribution in [0.2, 0.25) is 0 Å². The van der Waals surface area contributed by atoms with Gasteiger partial charge in [0.1, 0.15) is 0 Å². The fraction of sp³-hybridized carbons (Fsp3) is 0.591. The smallest absolute Gasteiger partial charge is 0.317 e. The summed E-state index contributed by atoms with van der Waals surface area (Å²) in [5.74, 6) is 0. The van der Waals surface area contributed by atoms with Gasteiger partial charge in [0.05, 0.1) is 0 Å². The largest absolute Gasteiger partial charge is 0.368 e. The van der Waals surface area contributed by atoms with Crippen LogP contribution in [0, 0.1) is 20.8 Å². The molecule has 4 heteroatoms. The number of rotatable bonds is 4. The lowest BCUT2D eigenvalue weighted by Crippen LogP contribution is -2.52. The molecule has 26 heavy (non-hydrogen) atoms. The van der Waals surface area contributed by atoms with Gasteiger partial charge in [-0.3, -0.25) is 0 Å². The summed E-state index contributed by atoms with van der Waals surface area (Å²) in [6.07, 6.45) is 8.42. The molecule has 142 valence electrons. The zero-order valence-corrected chi connectivity index (χ0v) is 16.6. The fourth-order valence-electron chi connectivity index (χ4n) is 4.38. The molecular weight excluding hydrogens is 322 g/mol. The summed E-state index contributed by atoms with van der Waals surface area (Å²) < 4.78 is 0. The number of allylic oxidation sites excluding steroid dienone is 1. The summed E-state index contributed by atoms with van der Waals surface area (Å²) in [7, 11) is 0. The molecule has 1 aromatic carbocycles. The predicted octanol–water partition coefficient (Wildman–Crippen LogP) is 4.33. The van der Waals surface area contributed by atoms with E-state index in [4.69, 9.17) is 0 Å². The highest BCUT2D eigenvalue weighted by Crippen LogP contribution is 2.27. The monoisotopic (exact) mass is 355 g/mol. The first kappa shape index (κ1) is 18.8. The van der Waals surface area contributed by atoms with Gasteiger partial charge < -0.3 is 15.1 Å².